The third kappa shape index (κ3) is 2.62. The molecule has 0 spiro atoms. The van der Waals surface area contributed by atoms with Crippen molar-refractivity contribution in [1.82, 2.24) is 10.2 Å². The van der Waals surface area contributed by atoms with Gasteiger partial charge in [-0.25, -0.2) is 0 Å². The van der Waals surface area contributed by atoms with E-state index in [1.807, 2.05) is 22.4 Å². The van der Waals surface area contributed by atoms with E-state index in [-0.39, 0.29) is 5.91 Å². The van der Waals surface area contributed by atoms with E-state index in [4.69, 9.17) is 0 Å². The minimum absolute atomic E-state index is 0.274. The van der Waals surface area contributed by atoms with Gasteiger partial charge in [0.1, 0.15) is 0 Å². The van der Waals surface area contributed by atoms with Gasteiger partial charge in [0.15, 0.2) is 0 Å². The summed E-state index contributed by atoms with van der Waals surface area (Å²) in [7, 11) is 0. The second-order valence-electron chi connectivity index (χ2n) is 4.16. The van der Waals surface area contributed by atoms with Gasteiger partial charge in [-0.15, -0.1) is 11.3 Å². The molecule has 1 N–H and O–H groups in total. The van der Waals surface area contributed by atoms with Crippen molar-refractivity contribution < 1.29 is 4.79 Å². The summed E-state index contributed by atoms with van der Waals surface area (Å²) in [5.41, 5.74) is 0. The standard InChI is InChI=1S/C12H18N2OS/c1-2-5-14(10-8-13-9-10)12(15)7-11-4-3-6-16-11/h3-4,6,10,13H,2,5,7-9H2,1H3. The number of thiophene rings is 1. The smallest absolute Gasteiger partial charge is 0.228 e. The largest absolute Gasteiger partial charge is 0.337 e. The molecule has 3 nitrogen and oxygen atoms in total. The van der Waals surface area contributed by atoms with Crippen LogP contribution in [0.3, 0.4) is 0 Å². The van der Waals surface area contributed by atoms with E-state index < -0.39 is 0 Å². The Hall–Kier alpha value is -0.870. The highest BCUT2D eigenvalue weighted by Gasteiger charge is 2.27. The molecule has 2 heterocycles. The lowest BCUT2D eigenvalue weighted by molar-refractivity contribution is -0.133. The quantitative estimate of drug-likeness (QED) is 0.843. The van der Waals surface area contributed by atoms with Crippen molar-refractivity contribution in [3.8, 4) is 0 Å². The predicted molar refractivity (Wildman–Crippen MR) is 66.7 cm³/mol. The lowest BCUT2D eigenvalue weighted by Gasteiger charge is -2.38. The van der Waals surface area contributed by atoms with Gasteiger partial charge in [0.05, 0.1) is 12.5 Å². The Bertz CT molecular complexity index is 333. The summed E-state index contributed by atoms with van der Waals surface area (Å²) in [5, 5.41) is 5.25. The SMILES string of the molecule is CCCN(C(=O)Cc1cccs1)C1CNC1. The average Bonchev–Trinajstić information content (AvgIpc) is 2.67. The van der Waals surface area contributed by atoms with Crippen molar-refractivity contribution in [3.05, 3.63) is 22.4 Å². The maximum Gasteiger partial charge on any atom is 0.228 e. The first-order valence-corrected chi connectivity index (χ1v) is 6.71. The molecule has 0 aliphatic carbocycles. The van der Waals surface area contributed by atoms with Gasteiger partial charge in [-0.3, -0.25) is 4.79 Å². The maximum atomic E-state index is 12.1. The van der Waals surface area contributed by atoms with E-state index >= 15 is 0 Å². The van der Waals surface area contributed by atoms with Crippen LogP contribution in [0.5, 0.6) is 0 Å². The Morgan fingerprint density at radius 3 is 2.94 bits per heavy atom. The van der Waals surface area contributed by atoms with Crippen molar-refractivity contribution in [2.24, 2.45) is 0 Å². The average molecular weight is 238 g/mol. The molecule has 0 atom stereocenters. The van der Waals surface area contributed by atoms with Crippen molar-refractivity contribution >= 4 is 17.2 Å². The third-order valence-corrected chi connectivity index (χ3v) is 3.77. The van der Waals surface area contributed by atoms with E-state index in [0.29, 0.717) is 12.5 Å². The Kier molecular flexibility index (Phi) is 3.96. The Balaban J connectivity index is 1.93. The molecule has 0 unspecified atom stereocenters. The van der Waals surface area contributed by atoms with Crippen LogP contribution in [0.25, 0.3) is 0 Å². The molecule has 0 radical (unpaired) electrons. The number of amides is 1. The zero-order chi connectivity index (χ0) is 11.4. The normalized spacial score (nSPS) is 15.8. The second kappa shape index (κ2) is 5.46. The topological polar surface area (TPSA) is 32.3 Å². The van der Waals surface area contributed by atoms with Gasteiger partial charge in [0, 0.05) is 24.5 Å². The molecule has 2 rings (SSSR count). The molecule has 0 saturated carbocycles. The van der Waals surface area contributed by atoms with Crippen LogP contribution in [0, 0.1) is 0 Å². The molecule has 1 aliphatic rings. The van der Waals surface area contributed by atoms with Crippen LogP contribution in [-0.2, 0) is 11.2 Å². The summed E-state index contributed by atoms with van der Waals surface area (Å²) in [6, 6.07) is 4.46. The molecule has 1 fully saturated rings. The highest BCUT2D eigenvalue weighted by Crippen LogP contribution is 2.13. The van der Waals surface area contributed by atoms with Crippen molar-refractivity contribution in [2.75, 3.05) is 19.6 Å². The molecule has 1 aliphatic heterocycles. The zero-order valence-corrected chi connectivity index (χ0v) is 10.4. The molecule has 16 heavy (non-hydrogen) atoms. The lowest BCUT2D eigenvalue weighted by Crippen LogP contribution is -2.59. The molecule has 1 aromatic rings. The van der Waals surface area contributed by atoms with Crippen LogP contribution in [-0.4, -0.2) is 36.5 Å². The Morgan fingerprint density at radius 1 is 1.62 bits per heavy atom. The zero-order valence-electron chi connectivity index (χ0n) is 9.61. The molecule has 0 aromatic carbocycles. The molecule has 1 aromatic heterocycles. The molecular formula is C12H18N2OS. The van der Waals surface area contributed by atoms with E-state index in [0.717, 1.165) is 26.1 Å². The van der Waals surface area contributed by atoms with Gasteiger partial charge in [-0.1, -0.05) is 13.0 Å². The lowest BCUT2D eigenvalue weighted by atomic mass is 10.1. The van der Waals surface area contributed by atoms with E-state index in [1.54, 1.807) is 11.3 Å². The molecule has 4 heteroatoms. The number of hydrogen-bond acceptors (Lipinski definition) is 3. The summed E-state index contributed by atoms with van der Waals surface area (Å²) in [6.07, 6.45) is 1.60. The minimum Gasteiger partial charge on any atom is -0.337 e. The summed E-state index contributed by atoms with van der Waals surface area (Å²) in [4.78, 5) is 15.3. The number of nitrogens with zero attached hydrogens (tertiary/aromatic N) is 1. The van der Waals surface area contributed by atoms with Gasteiger partial charge in [0.25, 0.3) is 0 Å². The molecule has 1 saturated heterocycles. The summed E-state index contributed by atoms with van der Waals surface area (Å²) >= 11 is 1.66. The fourth-order valence-electron chi connectivity index (χ4n) is 1.91. The van der Waals surface area contributed by atoms with Crippen molar-refractivity contribution in [1.29, 1.82) is 0 Å². The number of hydrogen-bond donors (Lipinski definition) is 1. The number of carbonyl (C=O) groups excluding carboxylic acids is 1. The van der Waals surface area contributed by atoms with Crippen LogP contribution in [0.2, 0.25) is 0 Å². The highest BCUT2D eigenvalue weighted by molar-refractivity contribution is 7.10. The second-order valence-corrected chi connectivity index (χ2v) is 5.19. The molecule has 88 valence electrons. The summed E-state index contributed by atoms with van der Waals surface area (Å²) < 4.78 is 0. The van der Waals surface area contributed by atoms with Crippen LogP contribution in [0.15, 0.2) is 17.5 Å². The Labute approximate surface area is 100 Å². The summed E-state index contributed by atoms with van der Waals surface area (Å²) in [5.74, 6) is 0.274. The van der Waals surface area contributed by atoms with Gasteiger partial charge in [0.2, 0.25) is 5.91 Å². The fraction of sp³-hybridized carbons (Fsp3) is 0.583. The first-order valence-electron chi connectivity index (χ1n) is 5.84. The van der Waals surface area contributed by atoms with Crippen LogP contribution >= 0.6 is 11.3 Å². The fourth-order valence-corrected chi connectivity index (χ4v) is 2.61. The van der Waals surface area contributed by atoms with Crippen LogP contribution in [0.1, 0.15) is 18.2 Å². The highest BCUT2D eigenvalue weighted by atomic mass is 32.1. The van der Waals surface area contributed by atoms with Gasteiger partial charge in [-0.05, 0) is 17.9 Å². The van der Waals surface area contributed by atoms with Gasteiger partial charge in [-0.2, -0.15) is 0 Å². The van der Waals surface area contributed by atoms with Crippen LogP contribution in [0.4, 0.5) is 0 Å². The molecular weight excluding hydrogens is 220 g/mol. The van der Waals surface area contributed by atoms with Crippen LogP contribution < -0.4 is 5.32 Å². The van der Waals surface area contributed by atoms with E-state index in [2.05, 4.69) is 12.2 Å². The van der Waals surface area contributed by atoms with Crippen molar-refractivity contribution in [2.45, 2.75) is 25.8 Å². The monoisotopic (exact) mass is 238 g/mol. The first-order chi connectivity index (χ1) is 7.81. The number of carbonyl (C=O) groups is 1. The molecule has 0 bridgehead atoms. The number of nitrogens with one attached hydrogen (secondary N) is 1. The maximum absolute atomic E-state index is 12.1. The van der Waals surface area contributed by atoms with Gasteiger partial charge >= 0.3 is 0 Å². The summed E-state index contributed by atoms with van der Waals surface area (Å²) in [6.45, 7) is 4.92. The number of rotatable bonds is 5. The first kappa shape index (κ1) is 11.6. The molecule has 1 amide bonds. The Morgan fingerprint density at radius 2 is 2.44 bits per heavy atom. The van der Waals surface area contributed by atoms with E-state index in [9.17, 15) is 4.79 Å². The minimum atomic E-state index is 0.274. The van der Waals surface area contributed by atoms with Gasteiger partial charge < -0.3 is 10.2 Å². The predicted octanol–water partition coefficient (Wildman–Crippen LogP) is 1.50. The van der Waals surface area contributed by atoms with E-state index in [1.165, 1.54) is 4.88 Å². The van der Waals surface area contributed by atoms with Crippen molar-refractivity contribution in [3.63, 3.8) is 0 Å². The third-order valence-electron chi connectivity index (χ3n) is 2.89.